The summed E-state index contributed by atoms with van der Waals surface area (Å²) >= 11 is 5.95. The van der Waals surface area contributed by atoms with Gasteiger partial charge in [-0.25, -0.2) is 0 Å². The average Bonchev–Trinajstić information content (AvgIpc) is 2.67. The van der Waals surface area contributed by atoms with E-state index >= 15 is 0 Å². The van der Waals surface area contributed by atoms with Crippen LogP contribution in [0.4, 0.5) is 0 Å². The van der Waals surface area contributed by atoms with Gasteiger partial charge < -0.3 is 5.73 Å². The van der Waals surface area contributed by atoms with E-state index in [0.29, 0.717) is 12.1 Å². The summed E-state index contributed by atoms with van der Waals surface area (Å²) in [5, 5.41) is 0.788. The van der Waals surface area contributed by atoms with Gasteiger partial charge in [-0.3, -0.25) is 10.9 Å². The van der Waals surface area contributed by atoms with Crippen LogP contribution in [0.25, 0.3) is 0 Å². The monoisotopic (exact) mass is 225 g/mol. The maximum Gasteiger partial charge on any atom is 0.0478 e. The molecule has 0 radical (unpaired) electrons. The van der Waals surface area contributed by atoms with Crippen molar-refractivity contribution < 1.29 is 0 Å². The lowest BCUT2D eigenvalue weighted by Crippen LogP contribution is -2.32. The quantitative estimate of drug-likeness (QED) is 0.733. The van der Waals surface area contributed by atoms with Crippen LogP contribution in [-0.2, 0) is 0 Å². The second kappa shape index (κ2) is 4.94. The van der Waals surface area contributed by atoms with Crippen molar-refractivity contribution in [2.75, 3.05) is 6.54 Å². The van der Waals surface area contributed by atoms with Crippen molar-refractivity contribution >= 4 is 11.6 Å². The first-order valence-electron chi connectivity index (χ1n) is 5.26. The summed E-state index contributed by atoms with van der Waals surface area (Å²) in [7, 11) is 0. The van der Waals surface area contributed by atoms with Crippen molar-refractivity contribution in [3.8, 4) is 0 Å². The molecule has 1 saturated heterocycles. The van der Waals surface area contributed by atoms with Crippen LogP contribution in [0.15, 0.2) is 24.3 Å². The second-order valence-electron chi connectivity index (χ2n) is 3.91. The fraction of sp³-hybridized carbons (Fsp3) is 0.455. The molecule has 0 spiro atoms. The van der Waals surface area contributed by atoms with Gasteiger partial charge in [-0.1, -0.05) is 23.7 Å². The molecule has 1 aliphatic rings. The first kappa shape index (κ1) is 10.9. The summed E-state index contributed by atoms with van der Waals surface area (Å²) in [4.78, 5) is 0. The summed E-state index contributed by atoms with van der Waals surface area (Å²) in [5.41, 5.74) is 13.3. The maximum atomic E-state index is 5.95. The highest BCUT2D eigenvalue weighted by Gasteiger charge is 2.24. The number of hydrazine groups is 1. The number of nitrogens with one attached hydrogen (secondary N) is 2. The second-order valence-corrected chi connectivity index (χ2v) is 4.34. The highest BCUT2D eigenvalue weighted by Crippen LogP contribution is 2.25. The standard InChI is InChI=1S/C11H16ClN3/c12-9-3-1-2-8(6-9)11-7-10(4-5-13)14-15-11/h1-3,6,10-11,14-15H,4-5,7,13H2. The van der Waals surface area contributed by atoms with Gasteiger partial charge in [0.05, 0.1) is 0 Å². The molecule has 0 aromatic heterocycles. The Bertz CT molecular complexity index is 329. The minimum atomic E-state index is 0.347. The van der Waals surface area contributed by atoms with Crippen molar-refractivity contribution in [1.82, 2.24) is 10.9 Å². The van der Waals surface area contributed by atoms with E-state index in [1.54, 1.807) is 0 Å². The van der Waals surface area contributed by atoms with E-state index in [4.69, 9.17) is 17.3 Å². The Morgan fingerprint density at radius 3 is 3.00 bits per heavy atom. The lowest BCUT2D eigenvalue weighted by atomic mass is 10.0. The van der Waals surface area contributed by atoms with Gasteiger partial charge in [-0.15, -0.1) is 0 Å². The minimum absolute atomic E-state index is 0.347. The molecule has 4 N–H and O–H groups in total. The zero-order valence-corrected chi connectivity index (χ0v) is 9.30. The molecule has 1 aromatic carbocycles. The van der Waals surface area contributed by atoms with Crippen LogP contribution in [-0.4, -0.2) is 12.6 Å². The molecule has 1 aromatic rings. The van der Waals surface area contributed by atoms with E-state index in [1.165, 1.54) is 5.56 Å². The van der Waals surface area contributed by atoms with Crippen LogP contribution in [0.2, 0.25) is 5.02 Å². The van der Waals surface area contributed by atoms with Crippen molar-refractivity contribution in [2.45, 2.75) is 24.9 Å². The molecule has 82 valence electrons. The van der Waals surface area contributed by atoms with Gasteiger partial charge in [0, 0.05) is 17.1 Å². The van der Waals surface area contributed by atoms with E-state index in [-0.39, 0.29) is 0 Å². The summed E-state index contributed by atoms with van der Waals surface area (Å²) in [6.45, 7) is 0.724. The highest BCUT2D eigenvalue weighted by molar-refractivity contribution is 6.30. The molecule has 1 aliphatic heterocycles. The van der Waals surface area contributed by atoms with Crippen LogP contribution in [0.5, 0.6) is 0 Å². The number of benzene rings is 1. The van der Waals surface area contributed by atoms with Crippen molar-refractivity contribution in [3.63, 3.8) is 0 Å². The predicted octanol–water partition coefficient (Wildman–Crippen LogP) is 1.60. The molecule has 0 saturated carbocycles. The Balaban J connectivity index is 2.01. The first-order valence-corrected chi connectivity index (χ1v) is 5.64. The molecule has 1 heterocycles. The molecular formula is C11H16ClN3. The van der Waals surface area contributed by atoms with Crippen LogP contribution in [0, 0.1) is 0 Å². The Morgan fingerprint density at radius 2 is 2.27 bits per heavy atom. The van der Waals surface area contributed by atoms with Crippen LogP contribution in [0.1, 0.15) is 24.4 Å². The molecule has 0 amide bonds. The molecule has 0 aliphatic carbocycles. The fourth-order valence-corrected chi connectivity index (χ4v) is 2.15. The van der Waals surface area contributed by atoms with E-state index in [2.05, 4.69) is 16.9 Å². The molecule has 4 heteroatoms. The molecular weight excluding hydrogens is 210 g/mol. The molecule has 2 unspecified atom stereocenters. The first-order chi connectivity index (χ1) is 7.29. The fourth-order valence-electron chi connectivity index (χ4n) is 1.95. The van der Waals surface area contributed by atoms with Gasteiger partial charge in [0.25, 0.3) is 0 Å². The Kier molecular flexibility index (Phi) is 3.59. The normalized spacial score (nSPS) is 25.7. The number of rotatable bonds is 3. The van der Waals surface area contributed by atoms with E-state index < -0.39 is 0 Å². The number of halogens is 1. The average molecular weight is 226 g/mol. The Labute approximate surface area is 95.0 Å². The molecule has 1 fully saturated rings. The molecule has 0 bridgehead atoms. The van der Waals surface area contributed by atoms with Gasteiger partial charge in [0.2, 0.25) is 0 Å². The summed E-state index contributed by atoms with van der Waals surface area (Å²) < 4.78 is 0. The van der Waals surface area contributed by atoms with Crippen molar-refractivity contribution in [3.05, 3.63) is 34.9 Å². The number of hydrogen-bond acceptors (Lipinski definition) is 3. The van der Waals surface area contributed by atoms with Gasteiger partial charge in [0.1, 0.15) is 0 Å². The maximum absolute atomic E-state index is 5.95. The Hall–Kier alpha value is -0.610. The minimum Gasteiger partial charge on any atom is -0.330 e. The third-order valence-corrected chi connectivity index (χ3v) is 2.98. The SMILES string of the molecule is NCCC1CC(c2cccc(Cl)c2)NN1. The summed E-state index contributed by atoms with van der Waals surface area (Å²) in [6, 6.07) is 8.79. The van der Waals surface area contributed by atoms with Crippen LogP contribution >= 0.6 is 11.6 Å². The zero-order valence-electron chi connectivity index (χ0n) is 8.54. The van der Waals surface area contributed by atoms with Crippen LogP contribution < -0.4 is 16.6 Å². The van der Waals surface area contributed by atoms with Crippen LogP contribution in [0.3, 0.4) is 0 Å². The molecule has 3 nitrogen and oxygen atoms in total. The topological polar surface area (TPSA) is 50.1 Å². The lowest BCUT2D eigenvalue weighted by Gasteiger charge is -2.09. The lowest BCUT2D eigenvalue weighted by molar-refractivity contribution is 0.521. The van der Waals surface area contributed by atoms with Gasteiger partial charge in [0.15, 0.2) is 0 Å². The number of nitrogens with two attached hydrogens (primary N) is 1. The van der Waals surface area contributed by atoms with Crippen molar-refractivity contribution in [1.29, 1.82) is 0 Å². The Morgan fingerprint density at radius 1 is 1.40 bits per heavy atom. The third-order valence-electron chi connectivity index (χ3n) is 2.75. The third kappa shape index (κ3) is 2.69. The number of hydrogen-bond donors (Lipinski definition) is 3. The summed E-state index contributed by atoms with van der Waals surface area (Å²) in [6.07, 6.45) is 2.07. The smallest absolute Gasteiger partial charge is 0.0478 e. The van der Waals surface area contributed by atoms with E-state index in [9.17, 15) is 0 Å². The predicted molar refractivity (Wildman–Crippen MR) is 62.5 cm³/mol. The van der Waals surface area contributed by atoms with E-state index in [0.717, 1.165) is 24.4 Å². The highest BCUT2D eigenvalue weighted by atomic mass is 35.5. The molecule has 2 atom stereocenters. The molecule has 2 rings (SSSR count). The van der Waals surface area contributed by atoms with Gasteiger partial charge >= 0.3 is 0 Å². The van der Waals surface area contributed by atoms with E-state index in [1.807, 2.05) is 18.2 Å². The largest absolute Gasteiger partial charge is 0.330 e. The summed E-state index contributed by atoms with van der Waals surface area (Å²) in [5.74, 6) is 0. The molecule has 15 heavy (non-hydrogen) atoms. The van der Waals surface area contributed by atoms with Gasteiger partial charge in [-0.05, 0) is 37.1 Å². The van der Waals surface area contributed by atoms with Crippen molar-refractivity contribution in [2.24, 2.45) is 5.73 Å². The van der Waals surface area contributed by atoms with Gasteiger partial charge in [-0.2, -0.15) is 0 Å². The zero-order chi connectivity index (χ0) is 10.7.